The number of piperazine rings is 1. The van der Waals surface area contributed by atoms with Gasteiger partial charge in [-0.15, -0.1) is 0 Å². The van der Waals surface area contributed by atoms with Crippen LogP contribution in [-0.2, 0) is 19.6 Å². The molecule has 1 unspecified atom stereocenters. The molecule has 182 valence electrons. The summed E-state index contributed by atoms with van der Waals surface area (Å²) in [6.45, 7) is -0.304. The maximum Gasteiger partial charge on any atom is 0.323 e. The molecule has 0 aliphatic carbocycles. The molecule has 1 aliphatic heterocycles. The van der Waals surface area contributed by atoms with E-state index in [0.29, 0.717) is 5.75 Å². The second-order valence-electron chi connectivity index (χ2n) is 8.18. The van der Waals surface area contributed by atoms with Gasteiger partial charge in [0.1, 0.15) is 11.8 Å². The van der Waals surface area contributed by atoms with Gasteiger partial charge in [0.05, 0.1) is 17.9 Å². The van der Waals surface area contributed by atoms with Crippen LogP contribution in [0.2, 0.25) is 0 Å². The molecule has 1 heterocycles. The Hall–Kier alpha value is -3.69. The van der Waals surface area contributed by atoms with Crippen LogP contribution >= 0.6 is 0 Å². The fourth-order valence-electron chi connectivity index (χ4n) is 4.29. The van der Waals surface area contributed by atoms with E-state index in [1.54, 1.807) is 0 Å². The van der Waals surface area contributed by atoms with Gasteiger partial charge in [-0.25, -0.2) is 8.42 Å². The second-order valence-corrected chi connectivity index (χ2v) is 10.1. The maximum absolute atomic E-state index is 13.7. The van der Waals surface area contributed by atoms with E-state index in [4.69, 9.17) is 4.74 Å². The number of carbonyl (C=O) groups excluding carboxylic acids is 1. The van der Waals surface area contributed by atoms with Gasteiger partial charge in [-0.2, -0.15) is 4.31 Å². The molecule has 9 heteroatoms. The molecular formula is C26H26N2O6S. The maximum atomic E-state index is 13.7. The highest BCUT2D eigenvalue weighted by Crippen LogP contribution is 2.29. The van der Waals surface area contributed by atoms with Crippen LogP contribution in [0, 0.1) is 0 Å². The van der Waals surface area contributed by atoms with Crippen LogP contribution in [0.3, 0.4) is 0 Å². The molecule has 1 saturated heterocycles. The van der Waals surface area contributed by atoms with Crippen molar-refractivity contribution in [3.05, 3.63) is 96.1 Å². The number of ether oxygens (including phenoxy) is 1. The molecule has 1 N–H and O–H groups in total. The molecule has 4 rings (SSSR count). The van der Waals surface area contributed by atoms with Gasteiger partial charge in [-0.05, 0) is 35.4 Å². The predicted octanol–water partition coefficient (Wildman–Crippen LogP) is 2.81. The minimum Gasteiger partial charge on any atom is -0.497 e. The van der Waals surface area contributed by atoms with Crippen LogP contribution in [0.15, 0.2) is 89.8 Å². The summed E-state index contributed by atoms with van der Waals surface area (Å²) < 4.78 is 32.6. The van der Waals surface area contributed by atoms with Gasteiger partial charge in [-0.3, -0.25) is 9.59 Å². The van der Waals surface area contributed by atoms with E-state index in [0.717, 1.165) is 15.4 Å². The molecular weight excluding hydrogens is 468 g/mol. The van der Waals surface area contributed by atoms with Gasteiger partial charge in [0, 0.05) is 19.6 Å². The van der Waals surface area contributed by atoms with E-state index in [1.165, 1.54) is 36.3 Å². The monoisotopic (exact) mass is 494 g/mol. The Balaban J connectivity index is 1.62. The molecule has 0 bridgehead atoms. The Morgan fingerprint density at radius 1 is 0.886 bits per heavy atom. The summed E-state index contributed by atoms with van der Waals surface area (Å²) in [4.78, 5) is 27.3. The van der Waals surface area contributed by atoms with Gasteiger partial charge in [0.25, 0.3) is 0 Å². The molecule has 0 saturated carbocycles. The summed E-state index contributed by atoms with van der Waals surface area (Å²) in [5.41, 5.74) is 1.56. The molecule has 1 atom stereocenters. The predicted molar refractivity (Wildman–Crippen MR) is 130 cm³/mol. The van der Waals surface area contributed by atoms with E-state index in [1.807, 2.05) is 60.7 Å². The van der Waals surface area contributed by atoms with Crippen molar-refractivity contribution in [3.8, 4) is 5.75 Å². The lowest BCUT2D eigenvalue weighted by molar-refractivity contribution is -0.145. The fourth-order valence-corrected chi connectivity index (χ4v) is 5.85. The summed E-state index contributed by atoms with van der Waals surface area (Å²) in [5.74, 6) is -1.72. The van der Waals surface area contributed by atoms with Crippen molar-refractivity contribution in [2.24, 2.45) is 0 Å². The second kappa shape index (κ2) is 10.3. The lowest BCUT2D eigenvalue weighted by Gasteiger charge is -2.39. The Labute approximate surface area is 204 Å². The van der Waals surface area contributed by atoms with Crippen molar-refractivity contribution < 1.29 is 27.9 Å². The summed E-state index contributed by atoms with van der Waals surface area (Å²) in [6.07, 6.45) is 0. The van der Waals surface area contributed by atoms with Crippen LogP contribution in [-0.4, -0.2) is 67.4 Å². The average molecular weight is 495 g/mol. The quantitative estimate of drug-likeness (QED) is 0.542. The van der Waals surface area contributed by atoms with Gasteiger partial charge < -0.3 is 14.7 Å². The van der Waals surface area contributed by atoms with E-state index < -0.39 is 28.0 Å². The summed E-state index contributed by atoms with van der Waals surface area (Å²) >= 11 is 0. The zero-order valence-electron chi connectivity index (χ0n) is 19.2. The molecule has 3 aromatic carbocycles. The highest BCUT2D eigenvalue weighted by molar-refractivity contribution is 7.89. The number of nitrogens with zero attached hydrogens (tertiary/aromatic N) is 2. The molecule has 35 heavy (non-hydrogen) atoms. The number of amides is 1. The largest absolute Gasteiger partial charge is 0.497 e. The van der Waals surface area contributed by atoms with Crippen molar-refractivity contribution >= 4 is 21.9 Å². The summed E-state index contributed by atoms with van der Waals surface area (Å²) in [6, 6.07) is 22.9. The Morgan fingerprint density at radius 3 is 1.91 bits per heavy atom. The van der Waals surface area contributed by atoms with E-state index in [2.05, 4.69) is 0 Å². The molecule has 1 fully saturated rings. The first kappa shape index (κ1) is 24.4. The number of carboxylic acid groups (broad SMARTS) is 1. The van der Waals surface area contributed by atoms with Gasteiger partial charge in [0.15, 0.2) is 0 Å². The number of aliphatic carboxylic acids is 1. The van der Waals surface area contributed by atoms with Crippen molar-refractivity contribution in [1.29, 1.82) is 0 Å². The Bertz CT molecular complexity index is 1240. The number of carbonyl (C=O) groups is 2. The van der Waals surface area contributed by atoms with Crippen LogP contribution < -0.4 is 4.74 Å². The van der Waals surface area contributed by atoms with Crippen LogP contribution in [0.1, 0.15) is 17.0 Å². The van der Waals surface area contributed by atoms with Gasteiger partial charge in [0.2, 0.25) is 15.9 Å². The van der Waals surface area contributed by atoms with Gasteiger partial charge in [-0.1, -0.05) is 60.7 Å². The zero-order valence-corrected chi connectivity index (χ0v) is 20.0. The van der Waals surface area contributed by atoms with Gasteiger partial charge >= 0.3 is 5.97 Å². The van der Waals surface area contributed by atoms with Crippen LogP contribution in [0.5, 0.6) is 5.75 Å². The normalized spacial score (nSPS) is 16.7. The Morgan fingerprint density at radius 2 is 1.43 bits per heavy atom. The first-order valence-electron chi connectivity index (χ1n) is 11.1. The topological polar surface area (TPSA) is 104 Å². The third-order valence-electron chi connectivity index (χ3n) is 6.11. The van der Waals surface area contributed by atoms with Crippen molar-refractivity contribution in [1.82, 2.24) is 9.21 Å². The minimum absolute atomic E-state index is 0.0317. The third-order valence-corrected chi connectivity index (χ3v) is 8.03. The van der Waals surface area contributed by atoms with E-state index in [-0.39, 0.29) is 30.4 Å². The highest BCUT2D eigenvalue weighted by Gasteiger charge is 2.42. The van der Waals surface area contributed by atoms with Crippen molar-refractivity contribution in [3.63, 3.8) is 0 Å². The number of methoxy groups -OCH3 is 1. The van der Waals surface area contributed by atoms with E-state index in [9.17, 15) is 23.1 Å². The molecule has 1 amide bonds. The third kappa shape index (κ3) is 5.06. The van der Waals surface area contributed by atoms with Crippen molar-refractivity contribution in [2.75, 3.05) is 26.7 Å². The summed E-state index contributed by atoms with van der Waals surface area (Å²) in [5, 5.41) is 9.91. The van der Waals surface area contributed by atoms with Crippen molar-refractivity contribution in [2.45, 2.75) is 16.9 Å². The average Bonchev–Trinajstić information content (AvgIpc) is 2.89. The number of carboxylic acids is 1. The molecule has 8 nitrogen and oxygen atoms in total. The first-order chi connectivity index (χ1) is 16.8. The number of rotatable bonds is 7. The Kier molecular flexibility index (Phi) is 7.18. The van der Waals surface area contributed by atoms with Crippen LogP contribution in [0.4, 0.5) is 0 Å². The lowest BCUT2D eigenvalue weighted by Crippen LogP contribution is -2.59. The molecule has 1 aliphatic rings. The SMILES string of the molecule is COc1ccc(S(=O)(=O)N2CCN(C(=O)C(c3ccccc3)c3ccccc3)CC2C(=O)O)cc1. The highest BCUT2D eigenvalue weighted by atomic mass is 32.2. The van der Waals surface area contributed by atoms with E-state index >= 15 is 0 Å². The molecule has 0 spiro atoms. The molecule has 3 aromatic rings. The molecule has 0 radical (unpaired) electrons. The standard InChI is InChI=1S/C26H26N2O6S/c1-34-21-12-14-22(15-13-21)35(32,33)28-17-16-27(18-23(28)26(30)31)25(29)24(19-8-4-2-5-9-19)20-10-6-3-7-11-20/h2-15,23-24H,16-18H2,1H3,(H,30,31). The van der Waals surface area contributed by atoms with Crippen LogP contribution in [0.25, 0.3) is 0 Å². The number of benzene rings is 3. The number of hydrogen-bond acceptors (Lipinski definition) is 5. The summed E-state index contributed by atoms with van der Waals surface area (Å²) in [7, 11) is -2.63. The molecule has 0 aromatic heterocycles. The number of sulfonamides is 1. The lowest BCUT2D eigenvalue weighted by atomic mass is 9.89. The fraction of sp³-hybridized carbons (Fsp3) is 0.231. The zero-order chi connectivity index (χ0) is 25.0. The smallest absolute Gasteiger partial charge is 0.323 e. The number of hydrogen-bond donors (Lipinski definition) is 1. The first-order valence-corrected chi connectivity index (χ1v) is 12.5. The minimum atomic E-state index is -4.10.